The van der Waals surface area contributed by atoms with Crippen molar-refractivity contribution in [2.75, 3.05) is 5.32 Å². The van der Waals surface area contributed by atoms with Crippen LogP contribution in [0.1, 0.15) is 23.0 Å². The van der Waals surface area contributed by atoms with Crippen LogP contribution in [0.5, 0.6) is 0 Å². The number of ketones is 1. The zero-order valence-electron chi connectivity index (χ0n) is 11.4. The van der Waals surface area contributed by atoms with E-state index in [4.69, 9.17) is 0 Å². The number of aromatic nitrogens is 2. The fourth-order valence-electron chi connectivity index (χ4n) is 2.12. The Bertz CT molecular complexity index is 822. The largest absolute Gasteiger partial charge is 0.325 e. The standard InChI is InChI=1S/C16H13N3O2/c1-11(20)17-13-7-8-15-18-14(10-19(15)9-13)16(21)12-5-3-2-4-6-12/h2-10H,1H3,(H,17,20). The van der Waals surface area contributed by atoms with Crippen LogP contribution in [0, 0.1) is 0 Å². The number of anilines is 1. The summed E-state index contributed by atoms with van der Waals surface area (Å²) < 4.78 is 1.72. The van der Waals surface area contributed by atoms with Gasteiger partial charge in [-0.25, -0.2) is 4.98 Å². The summed E-state index contributed by atoms with van der Waals surface area (Å²) in [5, 5.41) is 2.69. The van der Waals surface area contributed by atoms with Crippen LogP contribution in [-0.4, -0.2) is 21.1 Å². The summed E-state index contributed by atoms with van der Waals surface area (Å²) in [4.78, 5) is 27.7. The number of hydrogen-bond donors (Lipinski definition) is 1. The summed E-state index contributed by atoms with van der Waals surface area (Å²) in [6.07, 6.45) is 3.39. The van der Waals surface area contributed by atoms with Crippen LogP contribution >= 0.6 is 0 Å². The Morgan fingerprint density at radius 3 is 2.52 bits per heavy atom. The monoisotopic (exact) mass is 279 g/mol. The summed E-state index contributed by atoms with van der Waals surface area (Å²) in [7, 11) is 0. The number of benzene rings is 1. The fourth-order valence-corrected chi connectivity index (χ4v) is 2.12. The lowest BCUT2D eigenvalue weighted by Gasteiger charge is -2.01. The van der Waals surface area contributed by atoms with Crippen molar-refractivity contribution in [3.8, 4) is 0 Å². The highest BCUT2D eigenvalue weighted by Gasteiger charge is 2.13. The quantitative estimate of drug-likeness (QED) is 0.749. The summed E-state index contributed by atoms with van der Waals surface area (Å²) in [6, 6.07) is 12.5. The first-order chi connectivity index (χ1) is 10.1. The average Bonchev–Trinajstić information content (AvgIpc) is 2.90. The predicted molar refractivity (Wildman–Crippen MR) is 79.4 cm³/mol. The van der Waals surface area contributed by atoms with E-state index in [-0.39, 0.29) is 11.7 Å². The van der Waals surface area contributed by atoms with Crippen molar-refractivity contribution in [1.82, 2.24) is 9.38 Å². The molecule has 0 spiro atoms. The van der Waals surface area contributed by atoms with Gasteiger partial charge in [0.05, 0.1) is 5.69 Å². The zero-order chi connectivity index (χ0) is 14.8. The molecule has 1 amide bonds. The minimum atomic E-state index is -0.143. The number of carbonyl (C=O) groups is 2. The van der Waals surface area contributed by atoms with Crippen molar-refractivity contribution in [1.29, 1.82) is 0 Å². The molecule has 0 aliphatic heterocycles. The lowest BCUT2D eigenvalue weighted by atomic mass is 10.1. The van der Waals surface area contributed by atoms with Gasteiger partial charge in [-0.05, 0) is 12.1 Å². The van der Waals surface area contributed by atoms with Crippen LogP contribution in [0.25, 0.3) is 5.65 Å². The molecule has 0 saturated heterocycles. The summed E-state index contributed by atoms with van der Waals surface area (Å²) in [6.45, 7) is 1.45. The Morgan fingerprint density at radius 1 is 1.05 bits per heavy atom. The third kappa shape index (κ3) is 2.67. The van der Waals surface area contributed by atoms with Gasteiger partial charge in [-0.3, -0.25) is 9.59 Å². The number of imidazole rings is 1. The minimum absolute atomic E-state index is 0.125. The lowest BCUT2D eigenvalue weighted by molar-refractivity contribution is -0.114. The maximum absolute atomic E-state index is 12.3. The van der Waals surface area contributed by atoms with Crippen molar-refractivity contribution in [2.45, 2.75) is 6.92 Å². The smallest absolute Gasteiger partial charge is 0.221 e. The molecule has 0 bridgehead atoms. The number of hydrogen-bond acceptors (Lipinski definition) is 3. The van der Waals surface area contributed by atoms with E-state index in [1.54, 1.807) is 41.1 Å². The van der Waals surface area contributed by atoms with E-state index >= 15 is 0 Å². The highest BCUT2D eigenvalue weighted by molar-refractivity contribution is 6.08. The second-order valence-corrected chi connectivity index (χ2v) is 4.69. The summed E-state index contributed by atoms with van der Waals surface area (Å²) in [5.74, 6) is -0.268. The molecule has 0 atom stereocenters. The maximum atomic E-state index is 12.3. The normalized spacial score (nSPS) is 10.5. The van der Waals surface area contributed by atoms with Gasteiger partial charge in [0.25, 0.3) is 0 Å². The highest BCUT2D eigenvalue weighted by Crippen LogP contribution is 2.14. The first-order valence-corrected chi connectivity index (χ1v) is 6.49. The van der Waals surface area contributed by atoms with Crippen LogP contribution in [0.3, 0.4) is 0 Å². The molecular weight excluding hydrogens is 266 g/mol. The summed E-state index contributed by atoms with van der Waals surface area (Å²) in [5.41, 5.74) is 2.29. The van der Waals surface area contributed by atoms with Crippen LogP contribution in [0.4, 0.5) is 5.69 Å². The topological polar surface area (TPSA) is 63.5 Å². The van der Waals surface area contributed by atoms with Gasteiger partial charge in [0, 0.05) is 24.9 Å². The number of nitrogens with zero attached hydrogens (tertiary/aromatic N) is 2. The number of amides is 1. The molecule has 2 aromatic heterocycles. The molecule has 3 aromatic rings. The molecule has 0 aliphatic rings. The van der Waals surface area contributed by atoms with Crippen molar-refractivity contribution in [2.24, 2.45) is 0 Å². The van der Waals surface area contributed by atoms with Crippen LogP contribution in [0.15, 0.2) is 54.9 Å². The van der Waals surface area contributed by atoms with E-state index in [9.17, 15) is 9.59 Å². The van der Waals surface area contributed by atoms with Crippen LogP contribution in [-0.2, 0) is 4.79 Å². The third-order valence-electron chi connectivity index (χ3n) is 3.04. The van der Waals surface area contributed by atoms with Gasteiger partial charge in [0.2, 0.25) is 11.7 Å². The Labute approximate surface area is 121 Å². The minimum Gasteiger partial charge on any atom is -0.325 e. The SMILES string of the molecule is CC(=O)Nc1ccc2nc(C(=O)c3ccccc3)cn2c1. The lowest BCUT2D eigenvalue weighted by Crippen LogP contribution is -2.06. The maximum Gasteiger partial charge on any atom is 0.221 e. The Balaban J connectivity index is 1.97. The fraction of sp³-hybridized carbons (Fsp3) is 0.0625. The van der Waals surface area contributed by atoms with Gasteiger partial charge < -0.3 is 9.72 Å². The molecular formula is C16H13N3O2. The highest BCUT2D eigenvalue weighted by atomic mass is 16.1. The molecule has 0 radical (unpaired) electrons. The molecule has 0 unspecified atom stereocenters. The number of fused-ring (bicyclic) bond motifs is 1. The van der Waals surface area contributed by atoms with Gasteiger partial charge >= 0.3 is 0 Å². The van der Waals surface area contributed by atoms with Gasteiger partial charge in [-0.15, -0.1) is 0 Å². The molecule has 1 N–H and O–H groups in total. The van der Waals surface area contributed by atoms with Gasteiger partial charge in [0.15, 0.2) is 0 Å². The second kappa shape index (κ2) is 5.20. The molecule has 0 saturated carbocycles. The molecule has 2 heterocycles. The molecule has 104 valence electrons. The van der Waals surface area contributed by atoms with E-state index in [0.717, 1.165) is 0 Å². The van der Waals surface area contributed by atoms with Crippen LogP contribution in [0.2, 0.25) is 0 Å². The van der Waals surface area contributed by atoms with E-state index in [0.29, 0.717) is 22.6 Å². The molecule has 3 rings (SSSR count). The second-order valence-electron chi connectivity index (χ2n) is 4.69. The van der Waals surface area contributed by atoms with Gasteiger partial charge in [0.1, 0.15) is 11.3 Å². The third-order valence-corrected chi connectivity index (χ3v) is 3.04. The van der Waals surface area contributed by atoms with Crippen LogP contribution < -0.4 is 5.32 Å². The summed E-state index contributed by atoms with van der Waals surface area (Å²) >= 11 is 0. The molecule has 5 heteroatoms. The Kier molecular flexibility index (Phi) is 3.23. The number of nitrogens with one attached hydrogen (secondary N) is 1. The van der Waals surface area contributed by atoms with Crippen molar-refractivity contribution < 1.29 is 9.59 Å². The Hall–Kier alpha value is -2.95. The molecule has 21 heavy (non-hydrogen) atoms. The van der Waals surface area contributed by atoms with Gasteiger partial charge in [-0.2, -0.15) is 0 Å². The van der Waals surface area contributed by atoms with Gasteiger partial charge in [-0.1, -0.05) is 30.3 Å². The number of rotatable bonds is 3. The molecule has 1 aromatic carbocycles. The molecule has 5 nitrogen and oxygen atoms in total. The van der Waals surface area contributed by atoms with E-state index in [1.165, 1.54) is 6.92 Å². The first kappa shape index (κ1) is 13.1. The van der Waals surface area contributed by atoms with E-state index in [2.05, 4.69) is 10.3 Å². The first-order valence-electron chi connectivity index (χ1n) is 6.49. The molecule has 0 fully saturated rings. The van der Waals surface area contributed by atoms with E-state index < -0.39 is 0 Å². The van der Waals surface area contributed by atoms with Crippen molar-refractivity contribution in [3.63, 3.8) is 0 Å². The van der Waals surface area contributed by atoms with Crippen molar-refractivity contribution in [3.05, 3.63) is 66.1 Å². The zero-order valence-corrected chi connectivity index (χ0v) is 11.4. The average molecular weight is 279 g/mol. The van der Waals surface area contributed by atoms with E-state index in [1.807, 2.05) is 18.2 Å². The number of carbonyl (C=O) groups excluding carboxylic acids is 2. The molecule has 0 aliphatic carbocycles. The van der Waals surface area contributed by atoms with Crippen molar-refractivity contribution >= 4 is 23.0 Å². The number of pyridine rings is 1. The Morgan fingerprint density at radius 2 is 1.81 bits per heavy atom. The predicted octanol–water partition coefficient (Wildman–Crippen LogP) is 2.52.